The van der Waals surface area contributed by atoms with Crippen LogP contribution in [0, 0.1) is 5.82 Å². The summed E-state index contributed by atoms with van der Waals surface area (Å²) in [5.41, 5.74) is 2.66. The molecule has 0 aliphatic carbocycles. The molecule has 0 aromatic heterocycles. The van der Waals surface area contributed by atoms with Gasteiger partial charge in [-0.05, 0) is 54.3 Å². The summed E-state index contributed by atoms with van der Waals surface area (Å²) in [7, 11) is 0. The predicted octanol–water partition coefficient (Wildman–Crippen LogP) is 4.31. The van der Waals surface area contributed by atoms with Crippen molar-refractivity contribution in [1.29, 1.82) is 0 Å². The first-order chi connectivity index (χ1) is 17.5. The van der Waals surface area contributed by atoms with Gasteiger partial charge in [0.2, 0.25) is 11.8 Å². The van der Waals surface area contributed by atoms with Gasteiger partial charge in [0, 0.05) is 25.9 Å². The average Bonchev–Trinajstić information content (AvgIpc) is 2.91. The minimum Gasteiger partial charge on any atom is -0.486 e. The van der Waals surface area contributed by atoms with Crippen LogP contribution in [0.25, 0.3) is 0 Å². The van der Waals surface area contributed by atoms with Gasteiger partial charge < -0.3 is 19.7 Å². The van der Waals surface area contributed by atoms with Crippen LogP contribution in [0.4, 0.5) is 4.39 Å². The van der Waals surface area contributed by atoms with E-state index in [2.05, 4.69) is 5.32 Å². The topological polar surface area (TPSA) is 67.9 Å². The standard InChI is InChI=1S/C29H31FN2O4/c1-2-31-29(34)25(18-21-6-4-3-5-7-21)32(20-23-8-12-24(30)13-9-23)28(33)15-11-22-10-14-26-27(19-22)36-17-16-35-26/h3-10,12-14,19,25H,2,11,15-18,20H2,1H3,(H,31,34)/t25-/m0/s1. The smallest absolute Gasteiger partial charge is 0.243 e. The highest BCUT2D eigenvalue weighted by Gasteiger charge is 2.30. The minimum atomic E-state index is -0.704. The second-order valence-corrected chi connectivity index (χ2v) is 8.73. The number of likely N-dealkylation sites (N-methyl/N-ethyl adjacent to an activating group) is 1. The van der Waals surface area contributed by atoms with E-state index in [0.29, 0.717) is 44.1 Å². The Hall–Kier alpha value is -3.87. The fourth-order valence-electron chi connectivity index (χ4n) is 4.27. The van der Waals surface area contributed by atoms with Crippen molar-refractivity contribution in [3.05, 3.63) is 95.3 Å². The van der Waals surface area contributed by atoms with Crippen molar-refractivity contribution in [3.8, 4) is 11.5 Å². The van der Waals surface area contributed by atoms with E-state index in [1.165, 1.54) is 12.1 Å². The number of rotatable bonds is 10. The lowest BCUT2D eigenvalue weighted by Crippen LogP contribution is -2.50. The first-order valence-corrected chi connectivity index (χ1v) is 12.3. The van der Waals surface area contributed by atoms with Gasteiger partial charge in [-0.15, -0.1) is 0 Å². The van der Waals surface area contributed by atoms with Crippen molar-refractivity contribution in [2.24, 2.45) is 0 Å². The number of halogens is 1. The Kier molecular flexibility index (Phi) is 8.55. The SMILES string of the molecule is CCNC(=O)[C@H](Cc1ccccc1)N(Cc1ccc(F)cc1)C(=O)CCc1ccc2c(c1)OCCO2. The van der Waals surface area contributed by atoms with Crippen LogP contribution in [0.2, 0.25) is 0 Å². The number of benzene rings is 3. The lowest BCUT2D eigenvalue weighted by atomic mass is 10.0. The minimum absolute atomic E-state index is 0.151. The van der Waals surface area contributed by atoms with Crippen molar-refractivity contribution in [2.45, 2.75) is 38.8 Å². The zero-order chi connectivity index (χ0) is 25.3. The molecule has 36 heavy (non-hydrogen) atoms. The van der Waals surface area contributed by atoms with E-state index in [1.807, 2.05) is 55.5 Å². The molecule has 7 heteroatoms. The van der Waals surface area contributed by atoms with Crippen LogP contribution in [-0.2, 0) is 29.0 Å². The molecular formula is C29H31FN2O4. The molecule has 3 aromatic rings. The third-order valence-electron chi connectivity index (χ3n) is 6.12. The van der Waals surface area contributed by atoms with Crippen molar-refractivity contribution in [3.63, 3.8) is 0 Å². The molecule has 188 valence electrons. The molecule has 6 nitrogen and oxygen atoms in total. The number of hydrogen-bond acceptors (Lipinski definition) is 4. The number of fused-ring (bicyclic) bond motifs is 1. The summed E-state index contributed by atoms with van der Waals surface area (Å²) in [6.45, 7) is 3.53. The maximum Gasteiger partial charge on any atom is 0.243 e. The number of nitrogens with one attached hydrogen (secondary N) is 1. The zero-order valence-electron chi connectivity index (χ0n) is 20.4. The van der Waals surface area contributed by atoms with Gasteiger partial charge in [-0.2, -0.15) is 0 Å². The van der Waals surface area contributed by atoms with Gasteiger partial charge in [-0.1, -0.05) is 48.5 Å². The Morgan fingerprint density at radius 1 is 0.917 bits per heavy atom. The Bertz CT molecular complexity index is 1170. The summed E-state index contributed by atoms with van der Waals surface area (Å²) in [4.78, 5) is 28.4. The molecular weight excluding hydrogens is 459 g/mol. The highest BCUT2D eigenvalue weighted by Crippen LogP contribution is 2.31. The van der Waals surface area contributed by atoms with Crippen LogP contribution in [-0.4, -0.2) is 42.5 Å². The van der Waals surface area contributed by atoms with Crippen LogP contribution in [0.15, 0.2) is 72.8 Å². The van der Waals surface area contributed by atoms with Crippen LogP contribution < -0.4 is 14.8 Å². The summed E-state index contributed by atoms with van der Waals surface area (Å²) in [6, 6.07) is 20.6. The molecule has 0 fully saturated rings. The lowest BCUT2D eigenvalue weighted by Gasteiger charge is -2.31. The van der Waals surface area contributed by atoms with Gasteiger partial charge in [0.1, 0.15) is 25.1 Å². The number of carbonyl (C=O) groups excluding carboxylic acids is 2. The van der Waals surface area contributed by atoms with Gasteiger partial charge in [-0.3, -0.25) is 9.59 Å². The van der Waals surface area contributed by atoms with E-state index < -0.39 is 6.04 Å². The number of carbonyl (C=O) groups is 2. The van der Waals surface area contributed by atoms with Crippen LogP contribution in [0.3, 0.4) is 0 Å². The molecule has 4 rings (SSSR count). The summed E-state index contributed by atoms with van der Waals surface area (Å²) >= 11 is 0. The Labute approximate surface area is 211 Å². The number of amides is 2. The van der Waals surface area contributed by atoms with Gasteiger partial charge in [0.15, 0.2) is 11.5 Å². The quantitative estimate of drug-likeness (QED) is 0.460. The van der Waals surface area contributed by atoms with E-state index in [4.69, 9.17) is 9.47 Å². The molecule has 0 radical (unpaired) electrons. The Morgan fingerprint density at radius 3 is 2.33 bits per heavy atom. The average molecular weight is 491 g/mol. The molecule has 0 spiro atoms. The highest BCUT2D eigenvalue weighted by atomic mass is 19.1. The second kappa shape index (κ2) is 12.2. The maximum atomic E-state index is 13.6. The highest BCUT2D eigenvalue weighted by molar-refractivity contribution is 5.88. The van der Waals surface area contributed by atoms with Crippen LogP contribution >= 0.6 is 0 Å². The summed E-state index contributed by atoms with van der Waals surface area (Å²) in [6.07, 6.45) is 1.08. The molecule has 1 N–H and O–H groups in total. The zero-order valence-corrected chi connectivity index (χ0v) is 20.4. The first-order valence-electron chi connectivity index (χ1n) is 12.3. The summed E-state index contributed by atoms with van der Waals surface area (Å²) in [5, 5.41) is 2.88. The van der Waals surface area contributed by atoms with E-state index in [0.717, 1.165) is 16.7 Å². The molecule has 3 aromatic carbocycles. The van der Waals surface area contributed by atoms with Crippen molar-refractivity contribution in [2.75, 3.05) is 19.8 Å². The molecule has 0 unspecified atom stereocenters. The van der Waals surface area contributed by atoms with Crippen molar-refractivity contribution < 1.29 is 23.5 Å². The molecule has 1 aliphatic heterocycles. The number of aryl methyl sites for hydroxylation is 1. The van der Waals surface area contributed by atoms with E-state index in [1.54, 1.807) is 17.0 Å². The van der Waals surface area contributed by atoms with E-state index in [9.17, 15) is 14.0 Å². The largest absolute Gasteiger partial charge is 0.486 e. The fourth-order valence-corrected chi connectivity index (χ4v) is 4.27. The first kappa shape index (κ1) is 25.2. The molecule has 1 aliphatic rings. The molecule has 0 saturated heterocycles. The van der Waals surface area contributed by atoms with Gasteiger partial charge in [-0.25, -0.2) is 4.39 Å². The van der Waals surface area contributed by atoms with Crippen molar-refractivity contribution in [1.82, 2.24) is 10.2 Å². The summed E-state index contributed by atoms with van der Waals surface area (Å²) in [5.74, 6) is 0.671. The Morgan fingerprint density at radius 2 is 1.61 bits per heavy atom. The molecule has 2 amide bonds. The van der Waals surface area contributed by atoms with Gasteiger partial charge in [0.05, 0.1) is 0 Å². The molecule has 1 heterocycles. The number of ether oxygens (including phenoxy) is 2. The summed E-state index contributed by atoms with van der Waals surface area (Å²) < 4.78 is 24.8. The number of nitrogens with zero attached hydrogens (tertiary/aromatic N) is 1. The van der Waals surface area contributed by atoms with E-state index >= 15 is 0 Å². The maximum absolute atomic E-state index is 13.6. The molecule has 1 atom stereocenters. The third kappa shape index (κ3) is 6.62. The van der Waals surface area contributed by atoms with Gasteiger partial charge in [0.25, 0.3) is 0 Å². The predicted molar refractivity (Wildman–Crippen MR) is 135 cm³/mol. The fraction of sp³-hybridized carbons (Fsp3) is 0.310. The lowest BCUT2D eigenvalue weighted by molar-refractivity contribution is -0.141. The molecule has 0 saturated carbocycles. The van der Waals surface area contributed by atoms with E-state index in [-0.39, 0.29) is 30.6 Å². The monoisotopic (exact) mass is 490 g/mol. The second-order valence-electron chi connectivity index (χ2n) is 8.73. The van der Waals surface area contributed by atoms with Crippen molar-refractivity contribution >= 4 is 11.8 Å². The number of hydrogen-bond donors (Lipinski definition) is 1. The van der Waals surface area contributed by atoms with Crippen LogP contribution in [0.1, 0.15) is 30.0 Å². The third-order valence-corrected chi connectivity index (χ3v) is 6.12. The Balaban J connectivity index is 1.57. The molecule has 0 bridgehead atoms. The van der Waals surface area contributed by atoms with Crippen LogP contribution in [0.5, 0.6) is 11.5 Å². The van der Waals surface area contributed by atoms with Gasteiger partial charge >= 0.3 is 0 Å². The normalized spacial score (nSPS) is 13.1.